The smallest absolute Gasteiger partial charge is 0.134 e. The van der Waals surface area contributed by atoms with Crippen molar-refractivity contribution < 1.29 is 4.79 Å². The van der Waals surface area contributed by atoms with E-state index in [1.54, 1.807) is 6.92 Å². The Morgan fingerprint density at radius 1 is 0.606 bits per heavy atom. The fourth-order valence-corrected chi connectivity index (χ4v) is 6.32. The van der Waals surface area contributed by atoms with Crippen LogP contribution in [0.3, 0.4) is 0 Å². The zero-order chi connectivity index (χ0) is 24.7. The number of carbonyl (C=O) groups is 1. The van der Waals surface area contributed by atoms with Crippen molar-refractivity contribution in [1.29, 1.82) is 0 Å². The Morgan fingerprint density at radius 2 is 0.939 bits per heavy atom. The van der Waals surface area contributed by atoms with Crippen molar-refractivity contribution in [2.45, 2.75) is 33.1 Å². The molecule has 33 heavy (non-hydrogen) atoms. The fourth-order valence-electron chi connectivity index (χ4n) is 4.08. The Bertz CT molecular complexity index is 857. The molecule has 0 spiro atoms. The van der Waals surface area contributed by atoms with Gasteiger partial charge in [0.05, 0.1) is 0 Å². The van der Waals surface area contributed by atoms with Crippen LogP contribution in [-0.4, -0.2) is 87.9 Å². The summed E-state index contributed by atoms with van der Waals surface area (Å²) in [7, 11) is 16.1. The molecule has 0 N–H and O–H groups in total. The molecule has 0 heterocycles. The number of hydrogen-bond donors (Lipinski definition) is 0. The minimum atomic E-state index is -0.752. The first-order valence-corrected chi connectivity index (χ1v) is 13.1. The minimum absolute atomic E-state index is 0.249. The molecule has 2 aromatic rings. The van der Waals surface area contributed by atoms with Crippen LogP contribution in [0.5, 0.6) is 0 Å². The highest BCUT2D eigenvalue weighted by Gasteiger charge is 2.20. The van der Waals surface area contributed by atoms with Crippen LogP contribution in [0.4, 0.5) is 0 Å². The molecular weight excluding hydrogens is 427 g/mol. The van der Waals surface area contributed by atoms with Gasteiger partial charge in [-0.1, -0.05) is 24.3 Å². The van der Waals surface area contributed by atoms with Gasteiger partial charge in [-0.05, 0) is 116 Å². The Balaban J connectivity index is 2.56. The predicted molar refractivity (Wildman–Crippen MR) is 144 cm³/mol. The van der Waals surface area contributed by atoms with Crippen LogP contribution < -0.4 is 10.6 Å². The van der Waals surface area contributed by atoms with Crippen molar-refractivity contribution in [2.24, 2.45) is 0 Å². The number of Topliss-reactive ketones (excluding diaryl/α,β-unsaturated/α-hetero) is 1. The van der Waals surface area contributed by atoms with E-state index in [1.165, 1.54) is 32.9 Å². The van der Waals surface area contributed by atoms with E-state index in [9.17, 15) is 4.79 Å². The van der Waals surface area contributed by atoms with Crippen molar-refractivity contribution in [3.63, 3.8) is 0 Å². The third-order valence-corrected chi connectivity index (χ3v) is 7.89. The van der Waals surface area contributed by atoms with Gasteiger partial charge in [0.25, 0.3) is 0 Å². The zero-order valence-electron chi connectivity index (χ0n) is 22.1. The summed E-state index contributed by atoms with van der Waals surface area (Å²) in [6, 6.07) is 13.8. The number of hydrogen-bond acceptors (Lipinski definition) is 5. The summed E-state index contributed by atoms with van der Waals surface area (Å²) >= 11 is 0. The van der Waals surface area contributed by atoms with Crippen LogP contribution in [0, 0.1) is 0 Å². The molecule has 0 aliphatic heterocycles. The molecule has 0 aliphatic carbocycles. The molecule has 0 saturated heterocycles. The monoisotopic (exact) mass is 470 g/mol. The molecular formula is C27H43N4OP. The highest BCUT2D eigenvalue weighted by atomic mass is 31.1. The molecule has 0 atom stereocenters. The van der Waals surface area contributed by atoms with E-state index in [4.69, 9.17) is 0 Å². The average Bonchev–Trinajstić information content (AvgIpc) is 2.67. The second-order valence-electron chi connectivity index (χ2n) is 10.1. The fraction of sp³-hybridized carbons (Fsp3) is 0.519. The summed E-state index contributed by atoms with van der Waals surface area (Å²) in [5.41, 5.74) is 5.40. The first kappa shape index (κ1) is 27.6. The summed E-state index contributed by atoms with van der Waals surface area (Å²) in [5.74, 6) is 0.249. The summed E-state index contributed by atoms with van der Waals surface area (Å²) in [4.78, 5) is 21.2. The summed E-state index contributed by atoms with van der Waals surface area (Å²) in [6.45, 7) is 5.35. The van der Waals surface area contributed by atoms with Crippen molar-refractivity contribution in [3.8, 4) is 0 Å². The molecule has 6 heteroatoms. The third-order valence-electron chi connectivity index (χ3n) is 5.33. The van der Waals surface area contributed by atoms with E-state index in [1.807, 2.05) is 0 Å². The second kappa shape index (κ2) is 12.7. The Kier molecular flexibility index (Phi) is 10.7. The van der Waals surface area contributed by atoms with Gasteiger partial charge in [0.2, 0.25) is 0 Å². The van der Waals surface area contributed by atoms with Crippen molar-refractivity contribution in [1.82, 2.24) is 19.6 Å². The summed E-state index contributed by atoms with van der Waals surface area (Å²) in [6.07, 6.45) is 0.582. The zero-order valence-corrected chi connectivity index (χ0v) is 23.0. The predicted octanol–water partition coefficient (Wildman–Crippen LogP) is 2.95. The normalized spacial score (nSPS) is 12.1. The molecule has 0 unspecified atom stereocenters. The van der Waals surface area contributed by atoms with Gasteiger partial charge in [0.1, 0.15) is 5.78 Å². The van der Waals surface area contributed by atoms with Gasteiger partial charge in [0, 0.05) is 32.3 Å². The molecule has 0 aliphatic rings. The van der Waals surface area contributed by atoms with Crippen molar-refractivity contribution in [2.75, 3.05) is 62.5 Å². The Morgan fingerprint density at radius 3 is 1.24 bits per heavy atom. The van der Waals surface area contributed by atoms with E-state index in [-0.39, 0.29) is 5.78 Å². The van der Waals surface area contributed by atoms with Gasteiger partial charge < -0.3 is 19.6 Å². The lowest BCUT2D eigenvalue weighted by atomic mass is 10.1. The largest absolute Gasteiger partial charge is 0.305 e. The molecule has 2 aromatic carbocycles. The molecule has 0 saturated carbocycles. The molecule has 0 amide bonds. The molecule has 0 aromatic heterocycles. The van der Waals surface area contributed by atoms with E-state index in [0.29, 0.717) is 6.16 Å². The number of nitrogens with zero attached hydrogens (tertiary/aromatic N) is 4. The van der Waals surface area contributed by atoms with Gasteiger partial charge in [-0.15, -0.1) is 0 Å². The van der Waals surface area contributed by atoms with Crippen LogP contribution in [0.15, 0.2) is 36.4 Å². The number of benzene rings is 2. The molecule has 182 valence electrons. The van der Waals surface area contributed by atoms with Crippen LogP contribution in [0.1, 0.15) is 29.2 Å². The van der Waals surface area contributed by atoms with Gasteiger partial charge in [0.15, 0.2) is 0 Å². The molecule has 0 radical (unpaired) electrons. The topological polar surface area (TPSA) is 30.0 Å². The number of rotatable bonds is 12. The Labute approximate surface area is 203 Å². The third kappa shape index (κ3) is 8.92. The Hall–Kier alpha value is -1.62. The first-order valence-electron chi connectivity index (χ1n) is 11.6. The van der Waals surface area contributed by atoms with Gasteiger partial charge in [-0.25, -0.2) is 0 Å². The van der Waals surface area contributed by atoms with E-state index >= 15 is 0 Å². The summed E-state index contributed by atoms with van der Waals surface area (Å²) in [5, 5.41) is 2.58. The summed E-state index contributed by atoms with van der Waals surface area (Å²) < 4.78 is 0. The van der Waals surface area contributed by atoms with Gasteiger partial charge in [-0.2, -0.15) is 0 Å². The van der Waals surface area contributed by atoms with E-state index < -0.39 is 7.92 Å². The number of carbonyl (C=O) groups excluding carboxylic acids is 1. The highest BCUT2D eigenvalue weighted by Crippen LogP contribution is 2.35. The maximum Gasteiger partial charge on any atom is 0.134 e. The van der Waals surface area contributed by atoms with Gasteiger partial charge in [-0.3, -0.25) is 4.79 Å². The first-order chi connectivity index (χ1) is 15.5. The van der Waals surface area contributed by atoms with E-state index in [2.05, 4.69) is 112 Å². The van der Waals surface area contributed by atoms with Gasteiger partial charge >= 0.3 is 0 Å². The second-order valence-corrected chi connectivity index (χ2v) is 12.4. The molecule has 0 fully saturated rings. The molecule has 5 nitrogen and oxygen atoms in total. The number of ketones is 1. The van der Waals surface area contributed by atoms with Crippen LogP contribution in [-0.2, 0) is 31.0 Å². The van der Waals surface area contributed by atoms with Crippen molar-refractivity contribution >= 4 is 24.3 Å². The lowest BCUT2D eigenvalue weighted by Gasteiger charge is -2.24. The highest BCUT2D eigenvalue weighted by molar-refractivity contribution is 7.73. The average molecular weight is 471 g/mol. The maximum atomic E-state index is 12.3. The lowest BCUT2D eigenvalue weighted by molar-refractivity contribution is -0.114. The van der Waals surface area contributed by atoms with Crippen LogP contribution in [0.2, 0.25) is 0 Å². The van der Waals surface area contributed by atoms with E-state index in [0.717, 1.165) is 26.2 Å². The lowest BCUT2D eigenvalue weighted by Crippen LogP contribution is -2.23. The van der Waals surface area contributed by atoms with Crippen LogP contribution >= 0.6 is 7.92 Å². The SMILES string of the molecule is CC(=O)CP(c1ccc(CN(C)C)c(CN(C)C)c1)c1ccc(CN(C)C)c(CN(C)C)c1. The van der Waals surface area contributed by atoms with Crippen LogP contribution in [0.25, 0.3) is 0 Å². The quantitative estimate of drug-likeness (QED) is 0.445. The standard InChI is InChI=1S/C27H43N4OP/c1-21(32)20-33(26-12-10-22(16-28(2)3)24(14-26)18-30(6)7)27-13-11-23(17-29(4)5)25(15-27)19-31(8)9/h10-15H,16-20H2,1-9H3. The minimum Gasteiger partial charge on any atom is -0.305 e. The molecule has 0 bridgehead atoms. The maximum absolute atomic E-state index is 12.3. The molecule has 2 rings (SSSR count). The van der Waals surface area contributed by atoms with Crippen molar-refractivity contribution in [3.05, 3.63) is 58.7 Å².